The smallest absolute Gasteiger partial charge is 0.0537 e. The summed E-state index contributed by atoms with van der Waals surface area (Å²) in [5.41, 5.74) is 2.69. The molecule has 0 aliphatic heterocycles. The van der Waals surface area contributed by atoms with E-state index in [0.717, 1.165) is 13.0 Å². The molecule has 1 nitrogen and oxygen atoms in total. The van der Waals surface area contributed by atoms with Gasteiger partial charge in [0.1, 0.15) is 0 Å². The van der Waals surface area contributed by atoms with Gasteiger partial charge in [-0.25, -0.2) is 0 Å². The zero-order valence-corrected chi connectivity index (χ0v) is 14.3. The van der Waals surface area contributed by atoms with Crippen molar-refractivity contribution in [2.24, 2.45) is 0 Å². The Morgan fingerprint density at radius 1 is 1.05 bits per heavy atom. The fourth-order valence-corrected chi connectivity index (χ4v) is 3.52. The predicted octanol–water partition coefficient (Wildman–Crippen LogP) is 6.31. The third kappa shape index (κ3) is 5.32. The molecule has 1 aromatic carbocycles. The maximum Gasteiger partial charge on any atom is 0.0537 e. The number of halogens is 2. The average molecular weight is 326 g/mol. The van der Waals surface area contributed by atoms with Crippen LogP contribution in [0.4, 0.5) is 0 Å². The van der Waals surface area contributed by atoms with Gasteiger partial charge in [-0.05, 0) is 62.4 Å². The summed E-state index contributed by atoms with van der Waals surface area (Å²) in [5, 5.41) is 5.10. The minimum Gasteiger partial charge on any atom is -0.307 e. The number of nitrogens with one attached hydrogen (secondary N) is 1. The first-order valence-corrected chi connectivity index (χ1v) is 8.84. The molecular formula is C18H25Cl2N. The fraction of sp³-hybridized carbons (Fsp3) is 0.556. The minimum atomic E-state index is 0.249. The van der Waals surface area contributed by atoms with Gasteiger partial charge in [0, 0.05) is 10.0 Å². The molecule has 2 rings (SSSR count). The van der Waals surface area contributed by atoms with Crippen molar-refractivity contribution < 1.29 is 0 Å². The number of hydrogen-bond donors (Lipinski definition) is 1. The highest BCUT2D eigenvalue weighted by Gasteiger charge is 2.17. The number of hydrogen-bond acceptors (Lipinski definition) is 1. The van der Waals surface area contributed by atoms with E-state index in [2.05, 4.69) is 18.3 Å². The quantitative estimate of drug-likeness (QED) is 0.625. The van der Waals surface area contributed by atoms with Gasteiger partial charge in [0.25, 0.3) is 0 Å². The Morgan fingerprint density at radius 2 is 1.76 bits per heavy atom. The van der Waals surface area contributed by atoms with Crippen LogP contribution in [0.25, 0.3) is 0 Å². The standard InChI is InChI=1S/C18H25Cl2N/c1-2-10-21-18(14-8-6-4-3-5-7-9-14)15-11-16(19)13-17(20)12-15/h8,11-13,18,21H,2-7,9-10H2,1H3/b14-8+. The summed E-state index contributed by atoms with van der Waals surface area (Å²) < 4.78 is 0. The molecule has 1 aliphatic rings. The van der Waals surface area contributed by atoms with Crippen LogP contribution in [0.5, 0.6) is 0 Å². The van der Waals surface area contributed by atoms with Crippen LogP contribution in [-0.4, -0.2) is 6.54 Å². The lowest BCUT2D eigenvalue weighted by molar-refractivity contribution is 0.541. The zero-order chi connectivity index (χ0) is 15.1. The van der Waals surface area contributed by atoms with Crippen LogP contribution in [0.1, 0.15) is 63.5 Å². The molecule has 0 saturated carbocycles. The van der Waals surface area contributed by atoms with Crippen LogP contribution in [0.3, 0.4) is 0 Å². The molecule has 1 aliphatic carbocycles. The van der Waals surface area contributed by atoms with Crippen molar-refractivity contribution in [3.8, 4) is 0 Å². The molecule has 0 spiro atoms. The summed E-state index contributed by atoms with van der Waals surface area (Å²) in [7, 11) is 0. The highest BCUT2D eigenvalue weighted by molar-refractivity contribution is 6.34. The number of allylic oxidation sites excluding steroid dienone is 1. The Morgan fingerprint density at radius 3 is 2.48 bits per heavy atom. The van der Waals surface area contributed by atoms with Crippen molar-refractivity contribution in [1.82, 2.24) is 5.32 Å². The summed E-state index contributed by atoms with van der Waals surface area (Å²) in [4.78, 5) is 0. The van der Waals surface area contributed by atoms with Crippen molar-refractivity contribution in [3.63, 3.8) is 0 Å². The fourth-order valence-electron chi connectivity index (χ4n) is 2.97. The van der Waals surface area contributed by atoms with Crippen molar-refractivity contribution >= 4 is 23.2 Å². The van der Waals surface area contributed by atoms with Gasteiger partial charge in [-0.15, -0.1) is 0 Å². The van der Waals surface area contributed by atoms with Gasteiger partial charge >= 0.3 is 0 Å². The van der Waals surface area contributed by atoms with Crippen molar-refractivity contribution in [2.75, 3.05) is 6.54 Å². The molecule has 1 aromatic rings. The van der Waals surface area contributed by atoms with Gasteiger partial charge in [-0.3, -0.25) is 0 Å². The molecule has 1 atom stereocenters. The molecule has 3 heteroatoms. The lowest BCUT2D eigenvalue weighted by Crippen LogP contribution is -2.24. The first-order valence-electron chi connectivity index (χ1n) is 8.09. The van der Waals surface area contributed by atoms with Gasteiger partial charge in [-0.2, -0.15) is 0 Å². The zero-order valence-electron chi connectivity index (χ0n) is 12.8. The largest absolute Gasteiger partial charge is 0.307 e. The summed E-state index contributed by atoms with van der Waals surface area (Å²) in [5.74, 6) is 0. The van der Waals surface area contributed by atoms with Crippen molar-refractivity contribution in [2.45, 2.75) is 57.9 Å². The van der Waals surface area contributed by atoms with E-state index in [9.17, 15) is 0 Å². The first kappa shape index (κ1) is 16.9. The predicted molar refractivity (Wildman–Crippen MR) is 93.3 cm³/mol. The van der Waals surface area contributed by atoms with Gasteiger partial charge in [0.15, 0.2) is 0 Å². The van der Waals surface area contributed by atoms with E-state index < -0.39 is 0 Å². The van der Waals surface area contributed by atoms with E-state index in [1.165, 1.54) is 49.7 Å². The van der Waals surface area contributed by atoms with Gasteiger partial charge in [-0.1, -0.05) is 54.6 Å². The monoisotopic (exact) mass is 325 g/mol. The van der Waals surface area contributed by atoms with E-state index in [1.807, 2.05) is 12.1 Å². The van der Waals surface area contributed by atoms with Crippen LogP contribution in [-0.2, 0) is 0 Å². The molecule has 1 unspecified atom stereocenters. The van der Waals surface area contributed by atoms with Crippen LogP contribution < -0.4 is 5.32 Å². The molecule has 0 fully saturated rings. The van der Waals surface area contributed by atoms with Gasteiger partial charge in [0.2, 0.25) is 0 Å². The Hall–Kier alpha value is -0.500. The van der Waals surface area contributed by atoms with Crippen LogP contribution in [0.2, 0.25) is 10.0 Å². The van der Waals surface area contributed by atoms with E-state index >= 15 is 0 Å². The molecule has 116 valence electrons. The number of benzene rings is 1. The van der Waals surface area contributed by atoms with Crippen molar-refractivity contribution in [3.05, 3.63) is 45.5 Å². The number of rotatable bonds is 5. The van der Waals surface area contributed by atoms with E-state index in [1.54, 1.807) is 6.07 Å². The normalized spacial score (nSPS) is 20.2. The summed E-state index contributed by atoms with van der Waals surface area (Å²) in [6.07, 6.45) is 11.2. The minimum absolute atomic E-state index is 0.249. The highest BCUT2D eigenvalue weighted by Crippen LogP contribution is 2.32. The third-order valence-corrected chi connectivity index (χ3v) is 4.45. The van der Waals surface area contributed by atoms with E-state index in [-0.39, 0.29) is 6.04 Å². The molecule has 21 heavy (non-hydrogen) atoms. The molecule has 1 N–H and O–H groups in total. The second-order valence-corrected chi connectivity index (χ2v) is 6.69. The molecule has 0 amide bonds. The van der Waals surface area contributed by atoms with Crippen LogP contribution >= 0.6 is 23.2 Å². The Labute approximate surface area is 138 Å². The van der Waals surface area contributed by atoms with Gasteiger partial charge < -0.3 is 5.32 Å². The lowest BCUT2D eigenvalue weighted by atomic mass is 9.91. The summed E-state index contributed by atoms with van der Waals surface area (Å²) in [6, 6.07) is 6.13. The lowest BCUT2D eigenvalue weighted by Gasteiger charge is -2.24. The summed E-state index contributed by atoms with van der Waals surface area (Å²) >= 11 is 12.4. The Kier molecular flexibility index (Phi) is 7.09. The van der Waals surface area contributed by atoms with Crippen LogP contribution in [0.15, 0.2) is 29.8 Å². The van der Waals surface area contributed by atoms with Crippen molar-refractivity contribution in [1.29, 1.82) is 0 Å². The maximum absolute atomic E-state index is 6.19. The van der Waals surface area contributed by atoms with Crippen LogP contribution in [0, 0.1) is 0 Å². The first-order chi connectivity index (χ1) is 10.2. The summed E-state index contributed by atoms with van der Waals surface area (Å²) in [6.45, 7) is 3.20. The topological polar surface area (TPSA) is 12.0 Å². The third-order valence-electron chi connectivity index (χ3n) is 4.01. The second kappa shape index (κ2) is 8.82. The Balaban J connectivity index is 2.27. The second-order valence-electron chi connectivity index (χ2n) is 5.82. The molecule has 0 saturated heterocycles. The highest BCUT2D eigenvalue weighted by atomic mass is 35.5. The molecular weight excluding hydrogens is 301 g/mol. The molecule has 0 aromatic heterocycles. The SMILES string of the molecule is CCCNC(/C1=C/CCCCCC1)c1cc(Cl)cc(Cl)c1. The van der Waals surface area contributed by atoms with E-state index in [4.69, 9.17) is 23.2 Å². The molecule has 0 radical (unpaired) electrons. The van der Waals surface area contributed by atoms with E-state index in [0.29, 0.717) is 10.0 Å². The van der Waals surface area contributed by atoms with Gasteiger partial charge in [0.05, 0.1) is 6.04 Å². The Bertz CT molecular complexity index is 462. The maximum atomic E-state index is 6.19. The average Bonchev–Trinajstić information content (AvgIpc) is 2.39. The molecule has 0 bridgehead atoms. The molecule has 0 heterocycles.